The molecular weight excluding hydrogens is 302 g/mol. The predicted molar refractivity (Wildman–Crippen MR) is 69.3 cm³/mol. The summed E-state index contributed by atoms with van der Waals surface area (Å²) in [4.78, 5) is 10.9. The standard InChI is InChI=1S/C12H14BrNO4/c1-17-10-4-9(3-2-8(10)5-13)12(6-18-7-12)14-11(15)16/h2-4,14H,5-7H2,1H3,(H,15,16). The van der Waals surface area contributed by atoms with Crippen LogP contribution >= 0.6 is 15.9 Å². The molecule has 2 N–H and O–H groups in total. The van der Waals surface area contributed by atoms with Crippen LogP contribution in [0.1, 0.15) is 11.1 Å². The second-order valence-corrected chi connectivity index (χ2v) is 4.73. The van der Waals surface area contributed by atoms with E-state index >= 15 is 0 Å². The first kappa shape index (κ1) is 13.2. The highest BCUT2D eigenvalue weighted by Crippen LogP contribution is 2.33. The highest BCUT2D eigenvalue weighted by Gasteiger charge is 2.42. The molecule has 1 aliphatic rings. The SMILES string of the molecule is COc1cc(C2(NC(=O)O)COC2)ccc1CBr. The number of nitrogens with one attached hydrogen (secondary N) is 1. The van der Waals surface area contributed by atoms with Crippen LogP contribution in [-0.2, 0) is 15.6 Å². The molecule has 0 spiro atoms. The van der Waals surface area contributed by atoms with Gasteiger partial charge in [0.1, 0.15) is 11.3 Å². The van der Waals surface area contributed by atoms with E-state index in [1.165, 1.54) is 0 Å². The van der Waals surface area contributed by atoms with Crippen LogP contribution in [-0.4, -0.2) is 31.5 Å². The monoisotopic (exact) mass is 315 g/mol. The summed E-state index contributed by atoms with van der Waals surface area (Å²) < 4.78 is 10.4. The first-order chi connectivity index (χ1) is 8.61. The summed E-state index contributed by atoms with van der Waals surface area (Å²) in [6.45, 7) is 0.687. The number of halogens is 1. The Bertz CT molecular complexity index is 459. The summed E-state index contributed by atoms with van der Waals surface area (Å²) in [5.74, 6) is 0.739. The Morgan fingerprint density at radius 3 is 2.78 bits per heavy atom. The summed E-state index contributed by atoms with van der Waals surface area (Å²) >= 11 is 3.38. The number of methoxy groups -OCH3 is 1. The molecule has 1 aromatic carbocycles. The molecule has 1 aliphatic heterocycles. The van der Waals surface area contributed by atoms with Crippen molar-refractivity contribution in [2.45, 2.75) is 10.9 Å². The Morgan fingerprint density at radius 1 is 1.61 bits per heavy atom. The molecule has 1 saturated heterocycles. The fourth-order valence-electron chi connectivity index (χ4n) is 1.97. The number of rotatable bonds is 4. The van der Waals surface area contributed by atoms with Crippen molar-refractivity contribution in [1.82, 2.24) is 5.32 Å². The lowest BCUT2D eigenvalue weighted by Crippen LogP contribution is -2.59. The third kappa shape index (κ3) is 2.30. The lowest BCUT2D eigenvalue weighted by Gasteiger charge is -2.41. The van der Waals surface area contributed by atoms with Gasteiger partial charge in [0.2, 0.25) is 0 Å². The van der Waals surface area contributed by atoms with Gasteiger partial charge in [0.25, 0.3) is 0 Å². The van der Waals surface area contributed by atoms with Crippen molar-refractivity contribution < 1.29 is 19.4 Å². The van der Waals surface area contributed by atoms with Gasteiger partial charge in [0.15, 0.2) is 0 Å². The van der Waals surface area contributed by atoms with Gasteiger partial charge in [-0.1, -0.05) is 28.1 Å². The summed E-state index contributed by atoms with van der Waals surface area (Å²) in [6, 6.07) is 5.68. The fourth-order valence-corrected chi connectivity index (χ4v) is 2.44. The maximum atomic E-state index is 10.9. The molecule has 0 aromatic heterocycles. The Kier molecular flexibility index (Phi) is 3.77. The number of benzene rings is 1. The van der Waals surface area contributed by atoms with Crippen LogP contribution in [0, 0.1) is 0 Å². The van der Waals surface area contributed by atoms with E-state index in [1.54, 1.807) is 7.11 Å². The Hall–Kier alpha value is -1.27. The number of alkyl halides is 1. The zero-order valence-corrected chi connectivity index (χ0v) is 11.5. The molecule has 2 rings (SSSR count). The zero-order valence-electron chi connectivity index (χ0n) is 9.90. The largest absolute Gasteiger partial charge is 0.496 e. The minimum atomic E-state index is -1.05. The molecule has 1 aromatic rings. The van der Waals surface area contributed by atoms with Crippen LogP contribution in [0.4, 0.5) is 4.79 Å². The molecule has 5 nitrogen and oxygen atoms in total. The Balaban J connectivity index is 2.34. The van der Waals surface area contributed by atoms with Gasteiger partial charge >= 0.3 is 6.09 Å². The first-order valence-corrected chi connectivity index (χ1v) is 6.55. The number of carboxylic acid groups (broad SMARTS) is 1. The van der Waals surface area contributed by atoms with E-state index in [0.29, 0.717) is 18.5 Å². The van der Waals surface area contributed by atoms with E-state index in [2.05, 4.69) is 21.2 Å². The predicted octanol–water partition coefficient (Wildman–Crippen LogP) is 2.08. The van der Waals surface area contributed by atoms with E-state index in [0.717, 1.165) is 16.9 Å². The zero-order chi connectivity index (χ0) is 13.2. The molecule has 0 atom stereocenters. The molecule has 6 heteroatoms. The van der Waals surface area contributed by atoms with E-state index in [9.17, 15) is 4.79 Å². The highest BCUT2D eigenvalue weighted by atomic mass is 79.9. The van der Waals surface area contributed by atoms with Crippen LogP contribution < -0.4 is 10.1 Å². The average molecular weight is 316 g/mol. The number of ether oxygens (including phenoxy) is 2. The van der Waals surface area contributed by atoms with E-state index in [4.69, 9.17) is 14.6 Å². The number of hydrogen-bond acceptors (Lipinski definition) is 3. The maximum absolute atomic E-state index is 10.9. The summed E-state index contributed by atoms with van der Waals surface area (Å²) in [7, 11) is 1.60. The minimum Gasteiger partial charge on any atom is -0.496 e. The highest BCUT2D eigenvalue weighted by molar-refractivity contribution is 9.08. The van der Waals surface area contributed by atoms with Crippen molar-refractivity contribution in [1.29, 1.82) is 0 Å². The third-order valence-corrected chi connectivity index (χ3v) is 3.63. The summed E-state index contributed by atoms with van der Waals surface area (Å²) in [5.41, 5.74) is 1.23. The van der Waals surface area contributed by atoms with Crippen molar-refractivity contribution in [3.63, 3.8) is 0 Å². The van der Waals surface area contributed by atoms with Crippen LogP contribution in [0.25, 0.3) is 0 Å². The lowest BCUT2D eigenvalue weighted by atomic mass is 9.87. The maximum Gasteiger partial charge on any atom is 0.405 e. The molecule has 0 bridgehead atoms. The van der Waals surface area contributed by atoms with Crippen molar-refractivity contribution in [2.24, 2.45) is 0 Å². The Labute approximate surface area is 113 Å². The second kappa shape index (κ2) is 5.16. The lowest BCUT2D eigenvalue weighted by molar-refractivity contribution is -0.0744. The van der Waals surface area contributed by atoms with Gasteiger partial charge < -0.3 is 19.9 Å². The molecule has 0 radical (unpaired) electrons. The molecule has 18 heavy (non-hydrogen) atoms. The van der Waals surface area contributed by atoms with Crippen molar-refractivity contribution in [2.75, 3.05) is 20.3 Å². The van der Waals surface area contributed by atoms with Crippen molar-refractivity contribution in [3.05, 3.63) is 29.3 Å². The van der Waals surface area contributed by atoms with Gasteiger partial charge in [-0.05, 0) is 11.6 Å². The van der Waals surface area contributed by atoms with E-state index < -0.39 is 11.6 Å². The van der Waals surface area contributed by atoms with Crippen LogP contribution in [0.2, 0.25) is 0 Å². The molecule has 1 fully saturated rings. The fraction of sp³-hybridized carbons (Fsp3) is 0.417. The van der Waals surface area contributed by atoms with Crippen molar-refractivity contribution >= 4 is 22.0 Å². The molecule has 1 amide bonds. The number of hydrogen-bond donors (Lipinski definition) is 2. The van der Waals surface area contributed by atoms with Gasteiger partial charge in [-0.2, -0.15) is 0 Å². The molecule has 0 aliphatic carbocycles. The smallest absolute Gasteiger partial charge is 0.405 e. The van der Waals surface area contributed by atoms with Crippen LogP contribution in [0.15, 0.2) is 18.2 Å². The van der Waals surface area contributed by atoms with Crippen molar-refractivity contribution in [3.8, 4) is 5.75 Å². The van der Waals surface area contributed by atoms with E-state index in [1.807, 2.05) is 18.2 Å². The molecule has 0 saturated carbocycles. The van der Waals surface area contributed by atoms with E-state index in [-0.39, 0.29) is 0 Å². The average Bonchev–Trinajstić information content (AvgIpc) is 2.32. The molecule has 1 heterocycles. The molecular formula is C12H14BrNO4. The second-order valence-electron chi connectivity index (χ2n) is 4.17. The summed E-state index contributed by atoms with van der Waals surface area (Å²) in [5, 5.41) is 12.1. The normalized spacial score (nSPS) is 16.8. The minimum absolute atomic E-state index is 0.343. The number of amides is 1. The summed E-state index contributed by atoms with van der Waals surface area (Å²) in [6.07, 6.45) is -1.05. The number of carbonyl (C=O) groups is 1. The quantitative estimate of drug-likeness (QED) is 0.835. The Morgan fingerprint density at radius 2 is 2.33 bits per heavy atom. The van der Waals surface area contributed by atoms with Gasteiger partial charge in [-0.15, -0.1) is 0 Å². The van der Waals surface area contributed by atoms with Crippen LogP contribution in [0.3, 0.4) is 0 Å². The van der Waals surface area contributed by atoms with Crippen LogP contribution in [0.5, 0.6) is 5.75 Å². The van der Waals surface area contributed by atoms with Gasteiger partial charge in [0.05, 0.1) is 20.3 Å². The van der Waals surface area contributed by atoms with Gasteiger partial charge in [-0.3, -0.25) is 0 Å². The molecule has 0 unspecified atom stereocenters. The van der Waals surface area contributed by atoms with Gasteiger partial charge in [0, 0.05) is 10.9 Å². The third-order valence-electron chi connectivity index (χ3n) is 3.03. The van der Waals surface area contributed by atoms with Gasteiger partial charge in [-0.25, -0.2) is 4.79 Å². The topological polar surface area (TPSA) is 67.8 Å². The first-order valence-electron chi connectivity index (χ1n) is 5.43. The molecule has 98 valence electrons.